The maximum absolute atomic E-state index is 12.8. The number of carboxylic acids is 1. The van der Waals surface area contributed by atoms with E-state index in [1.54, 1.807) is 7.05 Å². The molecule has 0 bridgehead atoms. The fraction of sp³-hybridized carbons (Fsp3) is 0.476. The average Bonchev–Trinajstić information content (AvgIpc) is 3.24. The van der Waals surface area contributed by atoms with Crippen molar-refractivity contribution in [2.75, 3.05) is 20.7 Å². The molecule has 0 spiro atoms. The topological polar surface area (TPSA) is 118 Å². The normalized spacial score (nSPS) is 18.1. The van der Waals surface area contributed by atoms with E-state index in [0.29, 0.717) is 13.0 Å². The third kappa shape index (κ3) is 7.27. The Kier molecular flexibility index (Phi) is 9.12. The van der Waals surface area contributed by atoms with Gasteiger partial charge in [0.15, 0.2) is 0 Å². The Balaban J connectivity index is 0.000000509. The third-order valence-corrected chi connectivity index (χ3v) is 5.24. The Hall–Kier alpha value is -3.48. The SMILES string of the molecule is COC(=O)C1CC(N(C)Cc2ccccc2)CCN1C(=O)c1ncn(C)n1.O=C(O)C(F)(F)F. The zero-order chi connectivity index (χ0) is 25.5. The highest BCUT2D eigenvalue weighted by Gasteiger charge is 2.40. The lowest BCUT2D eigenvalue weighted by Crippen LogP contribution is -2.54. The minimum Gasteiger partial charge on any atom is -0.475 e. The van der Waals surface area contributed by atoms with Crippen LogP contribution in [-0.2, 0) is 27.9 Å². The molecule has 0 radical (unpaired) electrons. The molecular weight excluding hydrogens is 459 g/mol. The van der Waals surface area contributed by atoms with Gasteiger partial charge < -0.3 is 14.7 Å². The highest BCUT2D eigenvalue weighted by Crippen LogP contribution is 2.24. The number of aryl methyl sites for hydroxylation is 1. The summed E-state index contributed by atoms with van der Waals surface area (Å²) >= 11 is 0. The predicted octanol–water partition coefficient (Wildman–Crippen LogP) is 1.73. The van der Waals surface area contributed by atoms with E-state index in [1.165, 1.54) is 28.6 Å². The number of alkyl halides is 3. The van der Waals surface area contributed by atoms with Crippen LogP contribution in [0, 0.1) is 0 Å². The molecule has 1 amide bonds. The summed E-state index contributed by atoms with van der Waals surface area (Å²) in [7, 11) is 5.09. The van der Waals surface area contributed by atoms with Gasteiger partial charge >= 0.3 is 18.1 Å². The van der Waals surface area contributed by atoms with Gasteiger partial charge in [-0.05, 0) is 25.5 Å². The number of methoxy groups -OCH3 is 1. The largest absolute Gasteiger partial charge is 0.490 e. The smallest absolute Gasteiger partial charge is 0.475 e. The summed E-state index contributed by atoms with van der Waals surface area (Å²) in [6.45, 7) is 1.25. The minimum absolute atomic E-state index is 0.0995. The minimum atomic E-state index is -5.08. The summed E-state index contributed by atoms with van der Waals surface area (Å²) in [4.78, 5) is 41.8. The van der Waals surface area contributed by atoms with E-state index in [1.807, 2.05) is 25.2 Å². The first-order chi connectivity index (χ1) is 15.9. The molecular formula is C21H26F3N5O5. The Morgan fingerprint density at radius 1 is 1.24 bits per heavy atom. The van der Waals surface area contributed by atoms with E-state index in [-0.39, 0.29) is 17.8 Å². The zero-order valence-electron chi connectivity index (χ0n) is 18.9. The first-order valence-corrected chi connectivity index (χ1v) is 10.2. The summed E-state index contributed by atoms with van der Waals surface area (Å²) in [5, 5.41) is 11.2. The van der Waals surface area contributed by atoms with E-state index in [2.05, 4.69) is 27.1 Å². The number of amides is 1. The molecule has 1 fully saturated rings. The number of carbonyl (C=O) groups is 3. The van der Waals surface area contributed by atoms with Gasteiger partial charge in [-0.1, -0.05) is 30.3 Å². The van der Waals surface area contributed by atoms with Crippen LogP contribution in [0.2, 0.25) is 0 Å². The highest BCUT2D eigenvalue weighted by molar-refractivity contribution is 5.93. The van der Waals surface area contributed by atoms with Crippen LogP contribution in [0.3, 0.4) is 0 Å². The van der Waals surface area contributed by atoms with Gasteiger partial charge in [-0.2, -0.15) is 13.2 Å². The van der Waals surface area contributed by atoms with Gasteiger partial charge in [-0.3, -0.25) is 14.4 Å². The lowest BCUT2D eigenvalue weighted by atomic mass is 9.95. The second-order valence-electron chi connectivity index (χ2n) is 7.66. The van der Waals surface area contributed by atoms with Crippen molar-refractivity contribution in [2.45, 2.75) is 37.6 Å². The number of piperidine rings is 1. The van der Waals surface area contributed by atoms with Gasteiger partial charge in [-0.15, -0.1) is 5.10 Å². The van der Waals surface area contributed by atoms with E-state index in [4.69, 9.17) is 14.6 Å². The number of likely N-dealkylation sites (tertiary alicyclic amines) is 1. The van der Waals surface area contributed by atoms with Crippen molar-refractivity contribution in [3.8, 4) is 0 Å². The standard InChI is InChI=1S/C19H25N5O3.C2HF3O2/c1-22(12-14-7-5-4-6-8-14)15-9-10-24(16(11-15)19(26)27-3)18(25)17-20-13-23(2)21-17;3-2(4,5)1(6)7/h4-8,13,15-16H,9-12H2,1-3H3;(H,6,7). The molecule has 1 aromatic heterocycles. The van der Waals surface area contributed by atoms with Crippen LogP contribution in [0.5, 0.6) is 0 Å². The fourth-order valence-electron chi connectivity index (χ4n) is 3.52. The van der Waals surface area contributed by atoms with Crippen LogP contribution in [0.25, 0.3) is 0 Å². The van der Waals surface area contributed by atoms with E-state index in [0.717, 1.165) is 13.0 Å². The lowest BCUT2D eigenvalue weighted by Gasteiger charge is -2.40. The molecule has 1 N–H and O–H groups in total. The number of halogens is 3. The summed E-state index contributed by atoms with van der Waals surface area (Å²) in [6, 6.07) is 9.73. The molecule has 13 heteroatoms. The molecule has 1 saturated heterocycles. The number of aliphatic carboxylic acids is 1. The number of carbonyl (C=O) groups excluding carboxylic acids is 2. The molecule has 1 aliphatic heterocycles. The van der Waals surface area contributed by atoms with Crippen LogP contribution in [0.1, 0.15) is 29.0 Å². The van der Waals surface area contributed by atoms with E-state index < -0.39 is 24.2 Å². The quantitative estimate of drug-likeness (QED) is 0.637. The first kappa shape index (κ1) is 26.8. The number of ether oxygens (including phenoxy) is 1. The molecule has 186 valence electrons. The number of hydrogen-bond acceptors (Lipinski definition) is 7. The number of benzene rings is 1. The van der Waals surface area contributed by atoms with Crippen LogP contribution >= 0.6 is 0 Å². The Morgan fingerprint density at radius 3 is 2.35 bits per heavy atom. The summed E-state index contributed by atoms with van der Waals surface area (Å²) in [5.74, 6) is -3.40. The molecule has 10 nitrogen and oxygen atoms in total. The van der Waals surface area contributed by atoms with Crippen molar-refractivity contribution in [1.82, 2.24) is 24.6 Å². The Bertz CT molecular complexity index is 983. The lowest BCUT2D eigenvalue weighted by molar-refractivity contribution is -0.192. The van der Waals surface area contributed by atoms with Crippen molar-refractivity contribution in [3.05, 3.63) is 48.0 Å². The van der Waals surface area contributed by atoms with Gasteiger partial charge in [-0.25, -0.2) is 14.6 Å². The number of hydrogen-bond donors (Lipinski definition) is 1. The summed E-state index contributed by atoms with van der Waals surface area (Å²) in [6.07, 6.45) is -2.31. The summed E-state index contributed by atoms with van der Waals surface area (Å²) in [5.41, 5.74) is 1.21. The van der Waals surface area contributed by atoms with Crippen LogP contribution in [0.15, 0.2) is 36.7 Å². The second kappa shape index (κ2) is 11.6. The first-order valence-electron chi connectivity index (χ1n) is 10.2. The molecule has 0 aliphatic carbocycles. The number of aromatic nitrogens is 3. The van der Waals surface area contributed by atoms with E-state index >= 15 is 0 Å². The molecule has 0 saturated carbocycles. The van der Waals surface area contributed by atoms with Crippen molar-refractivity contribution in [2.24, 2.45) is 7.05 Å². The van der Waals surface area contributed by atoms with Gasteiger partial charge in [0, 0.05) is 26.2 Å². The molecule has 2 atom stereocenters. The molecule has 1 aliphatic rings. The van der Waals surface area contributed by atoms with Gasteiger partial charge in [0.05, 0.1) is 7.11 Å². The van der Waals surface area contributed by atoms with Gasteiger partial charge in [0.2, 0.25) is 5.82 Å². The molecule has 2 aromatic rings. The number of rotatable bonds is 5. The molecule has 2 unspecified atom stereocenters. The number of esters is 1. The van der Waals surface area contributed by atoms with Crippen LogP contribution < -0.4 is 0 Å². The fourth-order valence-corrected chi connectivity index (χ4v) is 3.52. The summed E-state index contributed by atoms with van der Waals surface area (Å²) < 4.78 is 38.2. The monoisotopic (exact) mass is 485 g/mol. The Morgan fingerprint density at radius 2 is 1.85 bits per heavy atom. The molecule has 1 aromatic carbocycles. The third-order valence-electron chi connectivity index (χ3n) is 5.24. The molecule has 2 heterocycles. The van der Waals surface area contributed by atoms with Crippen molar-refractivity contribution >= 4 is 17.8 Å². The van der Waals surface area contributed by atoms with Gasteiger partial charge in [0.25, 0.3) is 5.91 Å². The average molecular weight is 485 g/mol. The number of carboxylic acid groups (broad SMARTS) is 1. The van der Waals surface area contributed by atoms with Crippen LogP contribution in [-0.4, -0.2) is 86.5 Å². The maximum atomic E-state index is 12.8. The highest BCUT2D eigenvalue weighted by atomic mass is 19.4. The zero-order valence-corrected chi connectivity index (χ0v) is 18.9. The Labute approximate surface area is 193 Å². The molecule has 3 rings (SSSR count). The second-order valence-corrected chi connectivity index (χ2v) is 7.66. The molecule has 34 heavy (non-hydrogen) atoms. The van der Waals surface area contributed by atoms with Crippen molar-refractivity contribution < 1.29 is 37.4 Å². The van der Waals surface area contributed by atoms with Gasteiger partial charge in [0.1, 0.15) is 12.4 Å². The van der Waals surface area contributed by atoms with Crippen molar-refractivity contribution in [1.29, 1.82) is 0 Å². The van der Waals surface area contributed by atoms with E-state index in [9.17, 15) is 22.8 Å². The number of nitrogens with zero attached hydrogens (tertiary/aromatic N) is 5. The maximum Gasteiger partial charge on any atom is 0.490 e. The van der Waals surface area contributed by atoms with Crippen LogP contribution in [0.4, 0.5) is 13.2 Å². The van der Waals surface area contributed by atoms with Crippen molar-refractivity contribution in [3.63, 3.8) is 0 Å². The predicted molar refractivity (Wildman–Crippen MR) is 112 cm³/mol.